The van der Waals surface area contributed by atoms with Crippen molar-refractivity contribution in [2.75, 3.05) is 13.2 Å². The summed E-state index contributed by atoms with van der Waals surface area (Å²) in [6.07, 6.45) is -2.60. The molecule has 35 heavy (non-hydrogen) atoms. The maximum absolute atomic E-state index is 11.8. The lowest BCUT2D eigenvalue weighted by molar-refractivity contribution is -0.453. The number of carbonyl (C=O) groups excluding carboxylic acids is 4. The predicted octanol–water partition coefficient (Wildman–Crippen LogP) is 4.34. The van der Waals surface area contributed by atoms with Crippen molar-refractivity contribution in [2.24, 2.45) is 5.41 Å². The zero-order valence-corrected chi connectivity index (χ0v) is 19.4. The van der Waals surface area contributed by atoms with Gasteiger partial charge in [0, 0.05) is 5.41 Å². The summed E-state index contributed by atoms with van der Waals surface area (Å²) >= 11 is 0. The van der Waals surface area contributed by atoms with Crippen LogP contribution in [0.5, 0.6) is 0 Å². The molecule has 0 radical (unpaired) electrons. The molecule has 0 spiro atoms. The minimum absolute atomic E-state index is 0.195. The van der Waals surface area contributed by atoms with E-state index in [1.54, 1.807) is 64.1 Å². The molecule has 0 unspecified atom stereocenters. The fourth-order valence-corrected chi connectivity index (χ4v) is 2.39. The minimum atomic E-state index is -1.30. The molecule has 0 N–H and O–H groups in total. The summed E-state index contributed by atoms with van der Waals surface area (Å²) in [5.74, 6) is -1.75. The van der Waals surface area contributed by atoms with Crippen LogP contribution in [0.4, 0.5) is 9.59 Å². The third kappa shape index (κ3) is 10.1. The Morgan fingerprint density at radius 3 is 1.43 bits per heavy atom. The number of rotatable bonds is 10. The van der Waals surface area contributed by atoms with Gasteiger partial charge in [-0.1, -0.05) is 49.2 Å². The topological polar surface area (TPSA) is 142 Å². The van der Waals surface area contributed by atoms with Crippen molar-refractivity contribution in [1.29, 1.82) is 0 Å². The third-order valence-corrected chi connectivity index (χ3v) is 4.09. The Morgan fingerprint density at radius 2 is 1.06 bits per heavy atom. The van der Waals surface area contributed by atoms with Crippen LogP contribution in [0.3, 0.4) is 0 Å². The molecule has 0 amide bonds. The highest BCUT2D eigenvalue weighted by Crippen LogP contribution is 2.17. The van der Waals surface area contributed by atoms with Crippen molar-refractivity contribution < 1.29 is 58.3 Å². The molecule has 188 valence electrons. The highest BCUT2D eigenvalue weighted by molar-refractivity contribution is 5.89. The van der Waals surface area contributed by atoms with Gasteiger partial charge in [-0.2, -0.15) is 0 Å². The number of carbonyl (C=O) groups is 4. The SMILES string of the molecule is Cc1cccc(C(=O)OOOC(=O)OCC(C)(C)COC(=O)OOOC(=O)c2cccc(C)c2)c1. The number of hydrogen-bond acceptors (Lipinski definition) is 12. The first-order valence-electron chi connectivity index (χ1n) is 10.1. The first-order chi connectivity index (χ1) is 16.6. The van der Waals surface area contributed by atoms with E-state index in [2.05, 4.69) is 29.6 Å². The smallest absolute Gasteiger partial charge is 0.432 e. The predicted molar refractivity (Wildman–Crippen MR) is 114 cm³/mol. The van der Waals surface area contributed by atoms with Gasteiger partial charge in [0.05, 0.1) is 21.2 Å². The first kappa shape index (κ1) is 27.1. The van der Waals surface area contributed by atoms with Crippen LogP contribution in [0, 0.1) is 19.3 Å². The summed E-state index contributed by atoms with van der Waals surface area (Å²) < 4.78 is 9.61. The Kier molecular flexibility index (Phi) is 9.99. The second kappa shape index (κ2) is 12.9. The second-order valence-corrected chi connectivity index (χ2v) is 8.02. The molecular formula is C23H24O12. The molecule has 0 aliphatic heterocycles. The van der Waals surface area contributed by atoms with Gasteiger partial charge in [-0.3, -0.25) is 9.78 Å². The van der Waals surface area contributed by atoms with E-state index in [4.69, 9.17) is 9.47 Å². The molecule has 0 heterocycles. The summed E-state index contributed by atoms with van der Waals surface area (Å²) in [6.45, 7) is 6.18. The van der Waals surface area contributed by atoms with Crippen LogP contribution in [0.2, 0.25) is 0 Å². The van der Waals surface area contributed by atoms with Crippen molar-refractivity contribution in [2.45, 2.75) is 27.7 Å². The largest absolute Gasteiger partial charge is 0.543 e. The van der Waals surface area contributed by atoms with Crippen molar-refractivity contribution in [3.63, 3.8) is 0 Å². The van der Waals surface area contributed by atoms with Crippen molar-refractivity contribution in [3.05, 3.63) is 70.8 Å². The van der Waals surface area contributed by atoms with Crippen LogP contribution < -0.4 is 0 Å². The van der Waals surface area contributed by atoms with E-state index < -0.39 is 29.7 Å². The van der Waals surface area contributed by atoms with Gasteiger partial charge in [0.1, 0.15) is 13.2 Å². The number of benzene rings is 2. The van der Waals surface area contributed by atoms with Crippen LogP contribution in [-0.4, -0.2) is 37.5 Å². The Bertz CT molecular complexity index is 965. The van der Waals surface area contributed by atoms with Crippen LogP contribution in [0.15, 0.2) is 48.5 Å². The monoisotopic (exact) mass is 492 g/mol. The van der Waals surface area contributed by atoms with Gasteiger partial charge in [0.15, 0.2) is 0 Å². The fourth-order valence-electron chi connectivity index (χ4n) is 2.39. The Balaban J connectivity index is 1.61. The maximum Gasteiger partial charge on any atom is 0.543 e. The lowest BCUT2D eigenvalue weighted by atomic mass is 9.96. The molecule has 2 aromatic carbocycles. The van der Waals surface area contributed by atoms with E-state index in [-0.39, 0.29) is 24.3 Å². The van der Waals surface area contributed by atoms with Crippen molar-refractivity contribution in [1.82, 2.24) is 0 Å². The van der Waals surface area contributed by atoms with Gasteiger partial charge in [0.25, 0.3) is 0 Å². The van der Waals surface area contributed by atoms with Gasteiger partial charge < -0.3 is 9.47 Å². The quantitative estimate of drug-likeness (QED) is 0.264. The van der Waals surface area contributed by atoms with Gasteiger partial charge in [-0.05, 0) is 38.1 Å². The fraction of sp³-hybridized carbons (Fsp3) is 0.304. The average Bonchev–Trinajstić information content (AvgIpc) is 2.81. The molecule has 0 fully saturated rings. The molecule has 12 nitrogen and oxygen atoms in total. The molecular weight excluding hydrogens is 468 g/mol. The van der Waals surface area contributed by atoms with Crippen LogP contribution in [0.1, 0.15) is 45.7 Å². The molecule has 2 rings (SSSR count). The molecule has 12 heteroatoms. The maximum atomic E-state index is 11.8. The summed E-state index contributed by atoms with van der Waals surface area (Å²) in [4.78, 5) is 63.8. The Morgan fingerprint density at radius 1 is 0.657 bits per heavy atom. The molecule has 0 atom stereocenters. The zero-order valence-electron chi connectivity index (χ0n) is 19.4. The van der Waals surface area contributed by atoms with E-state index in [1.165, 1.54) is 12.1 Å². The number of hydrogen-bond donors (Lipinski definition) is 0. The molecule has 0 aliphatic rings. The zero-order chi connectivity index (χ0) is 25.8. The molecule has 2 aromatic rings. The van der Waals surface area contributed by atoms with E-state index in [0.29, 0.717) is 0 Å². The summed E-state index contributed by atoms with van der Waals surface area (Å²) in [5.41, 5.74) is 1.14. The highest BCUT2D eigenvalue weighted by atomic mass is 17.5. The lowest BCUT2D eigenvalue weighted by Crippen LogP contribution is -2.29. The third-order valence-electron chi connectivity index (χ3n) is 4.09. The summed E-state index contributed by atoms with van der Waals surface area (Å²) in [6, 6.07) is 12.9. The lowest BCUT2D eigenvalue weighted by Gasteiger charge is -2.22. The number of aryl methyl sites for hydroxylation is 2. The number of ether oxygens (including phenoxy) is 2. The van der Waals surface area contributed by atoms with Crippen molar-refractivity contribution >= 4 is 24.2 Å². The van der Waals surface area contributed by atoms with E-state index >= 15 is 0 Å². The van der Waals surface area contributed by atoms with E-state index in [0.717, 1.165) is 11.1 Å². The highest BCUT2D eigenvalue weighted by Gasteiger charge is 2.25. The standard InChI is InChI=1S/C23H24O12/c1-15-7-5-9-17(11-15)19(24)30-34-32-21(26)28-13-23(3,4)14-29-22(27)33-35-31-20(25)18-10-6-8-16(2)12-18/h5-12H,13-14H2,1-4H3. The van der Waals surface area contributed by atoms with E-state index in [1.807, 2.05) is 0 Å². The van der Waals surface area contributed by atoms with Gasteiger partial charge >= 0.3 is 24.2 Å². The molecule has 0 bridgehead atoms. The second-order valence-electron chi connectivity index (χ2n) is 8.02. The molecule has 0 aromatic heterocycles. The van der Waals surface area contributed by atoms with Gasteiger partial charge in [-0.25, -0.2) is 29.0 Å². The minimum Gasteiger partial charge on any atom is -0.432 e. The molecule has 0 saturated carbocycles. The average molecular weight is 492 g/mol. The molecule has 0 aliphatic carbocycles. The summed E-state index contributed by atoms with van der Waals surface area (Å²) in [7, 11) is 0. The van der Waals surface area contributed by atoms with Crippen LogP contribution >= 0.6 is 0 Å². The Labute approximate surface area is 200 Å². The summed E-state index contributed by atoms with van der Waals surface area (Å²) in [5, 5.41) is 8.26. The van der Waals surface area contributed by atoms with Gasteiger partial charge in [0.2, 0.25) is 0 Å². The van der Waals surface area contributed by atoms with Crippen LogP contribution in [-0.2, 0) is 39.1 Å². The van der Waals surface area contributed by atoms with E-state index in [9.17, 15) is 19.2 Å². The van der Waals surface area contributed by atoms with Gasteiger partial charge in [-0.15, -0.1) is 0 Å². The first-order valence-corrected chi connectivity index (χ1v) is 10.1. The Hall–Kier alpha value is -4.16. The van der Waals surface area contributed by atoms with Crippen LogP contribution in [0.25, 0.3) is 0 Å². The van der Waals surface area contributed by atoms with Crippen molar-refractivity contribution in [3.8, 4) is 0 Å². The molecule has 0 saturated heterocycles. The normalized spacial score (nSPS) is 10.6.